The molecule has 2 aromatic rings. The topological polar surface area (TPSA) is 66.9 Å². The zero-order valence-electron chi connectivity index (χ0n) is 9.84. The third kappa shape index (κ3) is 2.83. The van der Waals surface area contributed by atoms with Crippen LogP contribution < -0.4 is 0 Å². The molecule has 0 spiro atoms. The van der Waals surface area contributed by atoms with Gasteiger partial charge in [-0.05, 0) is 23.6 Å². The summed E-state index contributed by atoms with van der Waals surface area (Å²) < 4.78 is 0. The second-order valence-electron chi connectivity index (χ2n) is 3.70. The molecular weight excluding hydrogens is 319 g/mol. The Morgan fingerprint density at radius 2 is 2.15 bits per heavy atom. The summed E-state index contributed by atoms with van der Waals surface area (Å²) in [6.45, 7) is 0. The van der Waals surface area contributed by atoms with Gasteiger partial charge in [0.25, 0.3) is 5.69 Å². The lowest BCUT2D eigenvalue weighted by Gasteiger charge is -2.04. The molecule has 1 aromatic heterocycles. The van der Waals surface area contributed by atoms with E-state index in [4.69, 9.17) is 23.2 Å². The molecule has 100 valence electrons. The maximum atomic E-state index is 11.1. The summed E-state index contributed by atoms with van der Waals surface area (Å²) in [6, 6.07) is 9.64. The van der Waals surface area contributed by atoms with E-state index >= 15 is 0 Å². The fourth-order valence-corrected chi connectivity index (χ4v) is 2.86. The van der Waals surface area contributed by atoms with Crippen LogP contribution in [0.4, 0.5) is 5.69 Å². The number of allylic oxidation sites excluding steroid dienone is 1. The molecule has 0 fully saturated rings. The molecule has 0 bridgehead atoms. The van der Waals surface area contributed by atoms with Crippen LogP contribution in [-0.4, -0.2) is 4.92 Å². The van der Waals surface area contributed by atoms with Crippen molar-refractivity contribution in [3.8, 4) is 6.07 Å². The van der Waals surface area contributed by atoms with E-state index in [2.05, 4.69) is 0 Å². The van der Waals surface area contributed by atoms with Crippen molar-refractivity contribution in [3.05, 3.63) is 61.3 Å². The van der Waals surface area contributed by atoms with Gasteiger partial charge >= 0.3 is 0 Å². The van der Waals surface area contributed by atoms with Crippen molar-refractivity contribution >= 4 is 50.8 Å². The molecule has 20 heavy (non-hydrogen) atoms. The van der Waals surface area contributed by atoms with Crippen LogP contribution >= 0.6 is 34.5 Å². The van der Waals surface area contributed by atoms with Crippen LogP contribution in [0.3, 0.4) is 0 Å². The van der Waals surface area contributed by atoms with Crippen LogP contribution in [0.15, 0.2) is 35.7 Å². The SMILES string of the molecule is N#CC(=C(Cl)c1ccc(Cl)cc1[N+](=O)[O-])c1cccs1. The largest absolute Gasteiger partial charge is 0.279 e. The predicted molar refractivity (Wildman–Crippen MR) is 80.7 cm³/mol. The number of nitro groups is 1. The molecule has 0 saturated heterocycles. The minimum atomic E-state index is -0.576. The Hall–Kier alpha value is -1.87. The Morgan fingerprint density at radius 3 is 2.70 bits per heavy atom. The Morgan fingerprint density at radius 1 is 1.40 bits per heavy atom. The summed E-state index contributed by atoms with van der Waals surface area (Å²) in [5.41, 5.74) is 0.143. The fraction of sp³-hybridized carbons (Fsp3) is 0. The standard InChI is InChI=1S/C13H6Cl2N2O2S/c14-8-3-4-9(11(6-8)17(18)19)13(15)10(7-16)12-2-1-5-20-12/h1-6H. The predicted octanol–water partition coefficient (Wildman–Crippen LogP) is 4.94. The average molecular weight is 325 g/mol. The molecule has 0 aliphatic carbocycles. The minimum Gasteiger partial charge on any atom is -0.258 e. The maximum absolute atomic E-state index is 11.1. The molecule has 0 saturated carbocycles. The third-order valence-electron chi connectivity index (χ3n) is 2.49. The second-order valence-corrected chi connectivity index (χ2v) is 5.46. The zero-order valence-corrected chi connectivity index (χ0v) is 12.2. The quantitative estimate of drug-likeness (QED) is 0.456. The molecule has 1 heterocycles. The van der Waals surface area contributed by atoms with Gasteiger partial charge in [-0.2, -0.15) is 5.26 Å². The molecule has 0 amide bonds. The molecule has 0 radical (unpaired) electrons. The van der Waals surface area contributed by atoms with Crippen LogP contribution in [0.25, 0.3) is 10.6 Å². The van der Waals surface area contributed by atoms with Gasteiger partial charge in [-0.3, -0.25) is 10.1 Å². The van der Waals surface area contributed by atoms with E-state index in [0.717, 1.165) is 0 Å². The normalized spacial score (nSPS) is 11.7. The van der Waals surface area contributed by atoms with Gasteiger partial charge in [0.15, 0.2) is 0 Å². The fourth-order valence-electron chi connectivity index (χ4n) is 1.61. The lowest BCUT2D eigenvalue weighted by atomic mass is 10.1. The number of benzene rings is 1. The van der Waals surface area contributed by atoms with Gasteiger partial charge < -0.3 is 0 Å². The van der Waals surface area contributed by atoms with Crippen LogP contribution in [0.1, 0.15) is 10.4 Å². The highest BCUT2D eigenvalue weighted by molar-refractivity contribution is 7.11. The van der Waals surface area contributed by atoms with Gasteiger partial charge in [-0.25, -0.2) is 0 Å². The van der Waals surface area contributed by atoms with Crippen molar-refractivity contribution in [1.82, 2.24) is 0 Å². The molecular formula is C13H6Cl2N2O2S. The summed E-state index contributed by atoms with van der Waals surface area (Å²) in [6.07, 6.45) is 0. The maximum Gasteiger partial charge on any atom is 0.279 e. The zero-order chi connectivity index (χ0) is 14.7. The van der Waals surface area contributed by atoms with Crippen molar-refractivity contribution in [2.75, 3.05) is 0 Å². The van der Waals surface area contributed by atoms with Gasteiger partial charge in [-0.15, -0.1) is 11.3 Å². The molecule has 0 N–H and O–H groups in total. The van der Waals surface area contributed by atoms with Gasteiger partial charge in [0.1, 0.15) is 6.07 Å². The minimum absolute atomic E-state index is 0.0401. The number of hydrogen-bond donors (Lipinski definition) is 0. The van der Waals surface area contributed by atoms with Crippen LogP contribution in [-0.2, 0) is 0 Å². The second kappa shape index (κ2) is 6.06. The van der Waals surface area contributed by atoms with Gasteiger partial charge in [-0.1, -0.05) is 29.3 Å². The van der Waals surface area contributed by atoms with E-state index in [0.29, 0.717) is 4.88 Å². The molecule has 0 atom stereocenters. The molecule has 7 heteroatoms. The number of rotatable bonds is 3. The van der Waals surface area contributed by atoms with E-state index < -0.39 is 4.92 Å². The summed E-state index contributed by atoms with van der Waals surface area (Å²) in [5, 5.41) is 22.4. The van der Waals surface area contributed by atoms with Crippen molar-refractivity contribution in [2.24, 2.45) is 0 Å². The molecule has 2 rings (SSSR count). The number of nitrogens with zero attached hydrogens (tertiary/aromatic N) is 2. The van der Waals surface area contributed by atoms with Crippen LogP contribution in [0.2, 0.25) is 5.02 Å². The van der Waals surface area contributed by atoms with Gasteiger partial charge in [0, 0.05) is 16.0 Å². The molecule has 0 aliphatic rings. The van der Waals surface area contributed by atoms with Crippen molar-refractivity contribution < 1.29 is 4.92 Å². The summed E-state index contributed by atoms with van der Waals surface area (Å²) in [5.74, 6) is 0. The number of nitro benzene ring substituents is 1. The molecule has 0 unspecified atom stereocenters. The third-order valence-corrected chi connectivity index (χ3v) is 4.01. The molecule has 0 aliphatic heterocycles. The first-order valence-electron chi connectivity index (χ1n) is 5.32. The average Bonchev–Trinajstić information content (AvgIpc) is 2.93. The van der Waals surface area contributed by atoms with Crippen LogP contribution in [0.5, 0.6) is 0 Å². The number of thiophene rings is 1. The van der Waals surface area contributed by atoms with E-state index in [-0.39, 0.29) is 26.9 Å². The summed E-state index contributed by atoms with van der Waals surface area (Å²) >= 11 is 13.3. The number of halogens is 2. The van der Waals surface area contributed by atoms with Crippen molar-refractivity contribution in [3.63, 3.8) is 0 Å². The molecule has 4 nitrogen and oxygen atoms in total. The van der Waals surface area contributed by atoms with Gasteiger partial charge in [0.05, 0.1) is 21.1 Å². The first-order chi connectivity index (χ1) is 9.54. The Labute approximate surface area is 128 Å². The highest BCUT2D eigenvalue weighted by Gasteiger charge is 2.20. The first-order valence-corrected chi connectivity index (χ1v) is 6.96. The lowest BCUT2D eigenvalue weighted by molar-refractivity contribution is -0.385. The highest BCUT2D eigenvalue weighted by atomic mass is 35.5. The lowest BCUT2D eigenvalue weighted by Crippen LogP contribution is -1.94. The van der Waals surface area contributed by atoms with Gasteiger partial charge in [0.2, 0.25) is 0 Å². The van der Waals surface area contributed by atoms with Crippen molar-refractivity contribution in [1.29, 1.82) is 5.26 Å². The van der Waals surface area contributed by atoms with Crippen molar-refractivity contribution in [2.45, 2.75) is 0 Å². The Balaban J connectivity index is 2.67. The highest BCUT2D eigenvalue weighted by Crippen LogP contribution is 2.37. The summed E-state index contributed by atoms with van der Waals surface area (Å²) in [7, 11) is 0. The van der Waals surface area contributed by atoms with Crippen LogP contribution in [0, 0.1) is 21.4 Å². The summed E-state index contributed by atoms with van der Waals surface area (Å²) in [4.78, 5) is 11.1. The number of nitriles is 1. The van der Waals surface area contributed by atoms with E-state index in [9.17, 15) is 15.4 Å². The van der Waals surface area contributed by atoms with E-state index in [1.165, 1.54) is 29.5 Å². The Kier molecular flexibility index (Phi) is 4.40. The van der Waals surface area contributed by atoms with E-state index in [1.54, 1.807) is 17.5 Å². The first kappa shape index (κ1) is 14.5. The van der Waals surface area contributed by atoms with E-state index in [1.807, 2.05) is 6.07 Å². The smallest absolute Gasteiger partial charge is 0.258 e. The monoisotopic (exact) mass is 324 g/mol. The number of hydrogen-bond acceptors (Lipinski definition) is 4. The Bertz CT molecular complexity index is 733. The molecule has 1 aromatic carbocycles.